The number of nitrogens with zero attached hydrogens (tertiary/aromatic N) is 4. The number of hydrogen-bond donors (Lipinski definition) is 1. The number of fused-ring (bicyclic) bond motifs is 1. The number of amides is 1. The average Bonchev–Trinajstić information content (AvgIpc) is 2.74. The van der Waals surface area contributed by atoms with Crippen LogP contribution in [0.1, 0.15) is 25.1 Å². The van der Waals surface area contributed by atoms with Gasteiger partial charge in [0.05, 0.1) is 25.0 Å². The van der Waals surface area contributed by atoms with Gasteiger partial charge in [0.1, 0.15) is 5.69 Å². The molecule has 0 aliphatic carbocycles. The van der Waals surface area contributed by atoms with Crippen molar-refractivity contribution >= 4 is 11.8 Å². The molecule has 1 aliphatic rings. The summed E-state index contributed by atoms with van der Waals surface area (Å²) in [7, 11) is 0. The zero-order chi connectivity index (χ0) is 20.8. The number of nitrogens with two attached hydrogens (primary N) is 1. The van der Waals surface area contributed by atoms with Crippen molar-refractivity contribution in [3.63, 3.8) is 0 Å². The fourth-order valence-corrected chi connectivity index (χ4v) is 2.63. The number of carbonyl (C=O) groups excluding carboxylic acids is 1. The monoisotopic (exact) mass is 397 g/mol. The average molecular weight is 397 g/mol. The molecule has 0 bridgehead atoms. The van der Waals surface area contributed by atoms with Crippen molar-refractivity contribution in [3.05, 3.63) is 65.9 Å². The predicted octanol–water partition coefficient (Wildman–Crippen LogP) is 3.93. The quantitative estimate of drug-likeness (QED) is 0.665. The van der Waals surface area contributed by atoms with Gasteiger partial charge in [-0.25, -0.2) is 9.18 Å². The van der Waals surface area contributed by atoms with E-state index in [-0.39, 0.29) is 24.5 Å². The highest BCUT2D eigenvalue weighted by atomic mass is 19.1. The van der Waals surface area contributed by atoms with Crippen molar-refractivity contribution in [2.24, 2.45) is 0 Å². The Labute approximate surface area is 167 Å². The van der Waals surface area contributed by atoms with Gasteiger partial charge in [0.15, 0.2) is 17.3 Å². The van der Waals surface area contributed by atoms with Crippen molar-refractivity contribution in [1.29, 1.82) is 0 Å². The van der Waals surface area contributed by atoms with Crippen molar-refractivity contribution in [2.75, 3.05) is 5.73 Å². The Morgan fingerprint density at radius 3 is 2.86 bits per heavy atom. The summed E-state index contributed by atoms with van der Waals surface area (Å²) in [5, 5.41) is 7.53. The van der Waals surface area contributed by atoms with Crippen molar-refractivity contribution < 1.29 is 18.7 Å². The van der Waals surface area contributed by atoms with E-state index in [1.807, 2.05) is 13.8 Å². The van der Waals surface area contributed by atoms with E-state index in [2.05, 4.69) is 15.2 Å². The summed E-state index contributed by atoms with van der Waals surface area (Å²) in [6.45, 7) is 4.20. The Morgan fingerprint density at radius 2 is 2.10 bits per heavy atom. The summed E-state index contributed by atoms with van der Waals surface area (Å²) in [4.78, 5) is 17.9. The molecule has 1 amide bonds. The Hall–Kier alpha value is -3.75. The van der Waals surface area contributed by atoms with Crippen molar-refractivity contribution in [3.8, 4) is 17.4 Å². The first-order valence-electron chi connectivity index (χ1n) is 9.04. The van der Waals surface area contributed by atoms with Gasteiger partial charge in [-0.3, -0.25) is 9.88 Å². The number of pyridine rings is 1. The molecule has 0 saturated carbocycles. The molecule has 1 aromatic carbocycles. The Morgan fingerprint density at radius 1 is 1.28 bits per heavy atom. The molecule has 0 fully saturated rings. The zero-order valence-corrected chi connectivity index (χ0v) is 16.0. The second-order valence-corrected chi connectivity index (χ2v) is 5.82. The lowest BCUT2D eigenvalue weighted by molar-refractivity contribution is 0.133. The van der Waals surface area contributed by atoms with Gasteiger partial charge in [0.2, 0.25) is 5.88 Å². The van der Waals surface area contributed by atoms with Crippen molar-refractivity contribution in [2.45, 2.75) is 26.9 Å². The topological polar surface area (TPSA) is 103 Å². The lowest BCUT2D eigenvalue weighted by atomic mass is 10.1. The minimum atomic E-state index is -0.609. The Kier molecular flexibility index (Phi) is 6.18. The van der Waals surface area contributed by atoms with Crippen LogP contribution in [0.2, 0.25) is 0 Å². The molecule has 3 heterocycles. The lowest BCUT2D eigenvalue weighted by Crippen LogP contribution is -2.37. The number of anilines is 1. The van der Waals surface area contributed by atoms with Crippen LogP contribution in [0.5, 0.6) is 17.4 Å². The zero-order valence-electron chi connectivity index (χ0n) is 16.0. The third-order valence-electron chi connectivity index (χ3n) is 3.94. The Bertz CT molecular complexity index is 1000. The highest BCUT2D eigenvalue weighted by Crippen LogP contribution is 2.30. The van der Waals surface area contributed by atoms with Gasteiger partial charge in [-0.2, -0.15) is 5.10 Å². The second kappa shape index (κ2) is 8.96. The smallest absolute Gasteiger partial charge is 0.415 e. The summed E-state index contributed by atoms with van der Waals surface area (Å²) in [5.74, 6) is 0.389. The number of carbonyl (C=O) groups is 1. The first kappa shape index (κ1) is 20.0. The van der Waals surface area contributed by atoms with Crippen LogP contribution in [-0.2, 0) is 13.1 Å². The van der Waals surface area contributed by atoms with Gasteiger partial charge in [0.25, 0.3) is 0 Å². The maximum absolute atomic E-state index is 14.1. The molecular formula is C20H20FN5O3. The molecule has 29 heavy (non-hydrogen) atoms. The predicted molar refractivity (Wildman–Crippen MR) is 104 cm³/mol. The summed E-state index contributed by atoms with van der Waals surface area (Å²) in [6, 6.07) is 9.53. The minimum absolute atomic E-state index is 0.0225. The largest absolute Gasteiger partial charge is 0.436 e. The van der Waals surface area contributed by atoms with Gasteiger partial charge < -0.3 is 15.2 Å². The van der Waals surface area contributed by atoms with Crippen LogP contribution in [0.3, 0.4) is 0 Å². The number of hydrogen-bond acceptors (Lipinski definition) is 7. The maximum Gasteiger partial charge on any atom is 0.415 e. The molecule has 2 aromatic heterocycles. The van der Waals surface area contributed by atoms with E-state index in [0.717, 1.165) is 0 Å². The van der Waals surface area contributed by atoms with Crippen LogP contribution in [0.25, 0.3) is 0 Å². The number of aromatic nitrogens is 3. The number of halogens is 1. The van der Waals surface area contributed by atoms with E-state index in [9.17, 15) is 9.18 Å². The summed E-state index contributed by atoms with van der Waals surface area (Å²) in [5.41, 5.74) is 6.44. The number of rotatable bonds is 4. The number of benzene rings is 1. The highest BCUT2D eigenvalue weighted by molar-refractivity contribution is 5.73. The van der Waals surface area contributed by atoms with Crippen LogP contribution in [-0.4, -0.2) is 26.2 Å². The van der Waals surface area contributed by atoms with Crippen LogP contribution in [0, 0.1) is 5.82 Å². The number of nitrogen functional groups attached to an aromatic ring is 1. The van der Waals surface area contributed by atoms with E-state index in [1.54, 1.807) is 30.3 Å². The second-order valence-electron chi connectivity index (χ2n) is 5.82. The van der Waals surface area contributed by atoms with E-state index >= 15 is 0 Å². The van der Waals surface area contributed by atoms with Gasteiger partial charge in [-0.1, -0.05) is 26.0 Å². The molecule has 1 aliphatic heterocycles. The lowest BCUT2D eigenvalue weighted by Gasteiger charge is -2.27. The van der Waals surface area contributed by atoms with E-state index in [4.69, 9.17) is 15.2 Å². The fraction of sp³-hybridized carbons (Fsp3) is 0.200. The van der Waals surface area contributed by atoms with Crippen LogP contribution >= 0.6 is 0 Å². The van der Waals surface area contributed by atoms with Crippen LogP contribution in [0.15, 0.2) is 48.8 Å². The standard InChI is InChI=1S/C18H14FN5O3.C2H6/c19-17-11(3-1-4-13(17)20)9-24-10-14-15(27-18(24)25)7-12(8-21-14)26-16-5-2-6-22-23-16;1-2/h1-8H,9-10,20H2;1-2H3. The summed E-state index contributed by atoms with van der Waals surface area (Å²) < 4.78 is 24.9. The summed E-state index contributed by atoms with van der Waals surface area (Å²) >= 11 is 0. The first-order valence-corrected chi connectivity index (χ1v) is 9.04. The maximum atomic E-state index is 14.1. The van der Waals surface area contributed by atoms with Gasteiger partial charge in [0, 0.05) is 23.9 Å². The fourth-order valence-electron chi connectivity index (χ4n) is 2.63. The third kappa shape index (κ3) is 4.57. The molecule has 0 radical (unpaired) electrons. The van der Waals surface area contributed by atoms with Gasteiger partial charge >= 0.3 is 6.09 Å². The molecule has 9 heteroatoms. The number of ether oxygens (including phenoxy) is 2. The van der Waals surface area contributed by atoms with E-state index in [1.165, 1.54) is 23.4 Å². The Balaban J connectivity index is 0.00000117. The molecule has 0 spiro atoms. The molecule has 150 valence electrons. The minimum Gasteiger partial charge on any atom is -0.436 e. The van der Waals surface area contributed by atoms with Gasteiger partial charge in [-0.05, 0) is 12.1 Å². The molecular weight excluding hydrogens is 377 g/mol. The van der Waals surface area contributed by atoms with Crippen LogP contribution < -0.4 is 15.2 Å². The van der Waals surface area contributed by atoms with Crippen LogP contribution in [0.4, 0.5) is 14.9 Å². The molecule has 0 saturated heterocycles. The molecule has 0 unspecified atom stereocenters. The SMILES string of the molecule is CC.Nc1cccc(CN2Cc3ncc(Oc4cccnn4)cc3OC2=O)c1F. The molecule has 2 N–H and O–H groups in total. The van der Waals surface area contributed by atoms with Crippen molar-refractivity contribution in [1.82, 2.24) is 20.1 Å². The third-order valence-corrected chi connectivity index (χ3v) is 3.94. The molecule has 0 atom stereocenters. The molecule has 8 nitrogen and oxygen atoms in total. The first-order chi connectivity index (χ1) is 14.1. The summed E-state index contributed by atoms with van der Waals surface area (Å²) in [6.07, 6.45) is 2.41. The van der Waals surface area contributed by atoms with E-state index in [0.29, 0.717) is 22.9 Å². The van der Waals surface area contributed by atoms with Gasteiger partial charge in [-0.15, -0.1) is 5.10 Å². The normalized spacial score (nSPS) is 12.4. The van der Waals surface area contributed by atoms with E-state index < -0.39 is 11.9 Å². The highest BCUT2D eigenvalue weighted by Gasteiger charge is 2.27. The molecule has 3 aromatic rings. The molecule has 4 rings (SSSR count).